The predicted molar refractivity (Wildman–Crippen MR) is 126 cm³/mol. The molecule has 1 fully saturated rings. The number of imide groups is 1. The Bertz CT molecular complexity index is 1310. The van der Waals surface area contributed by atoms with Gasteiger partial charge in [0.2, 0.25) is 0 Å². The van der Waals surface area contributed by atoms with Gasteiger partial charge >= 0.3 is 6.03 Å². The number of methoxy groups -OCH3 is 1. The van der Waals surface area contributed by atoms with E-state index in [0.717, 1.165) is 10.5 Å². The Hall–Kier alpha value is -4.37. The number of nitro groups is 1. The number of nitro benzene ring substituents is 1. The van der Waals surface area contributed by atoms with Crippen molar-refractivity contribution >= 4 is 41.0 Å². The Balaban J connectivity index is 1.67. The minimum atomic E-state index is -0.698. The summed E-state index contributed by atoms with van der Waals surface area (Å²) in [7, 11) is 1.40. The molecule has 1 saturated heterocycles. The third-order valence-corrected chi connectivity index (χ3v) is 5.23. The fraction of sp³-hybridized carbons (Fsp3) is 0.0833. The lowest BCUT2D eigenvalue weighted by Gasteiger charge is -2.12. The highest BCUT2D eigenvalue weighted by atomic mass is 35.5. The number of nitrogens with one attached hydrogen (secondary N) is 1. The van der Waals surface area contributed by atoms with E-state index in [9.17, 15) is 19.7 Å². The number of ether oxygens (including phenoxy) is 2. The summed E-state index contributed by atoms with van der Waals surface area (Å²) in [6, 6.07) is 17.4. The number of carbonyl (C=O) groups is 2. The van der Waals surface area contributed by atoms with Crippen LogP contribution in [0.4, 0.5) is 16.2 Å². The van der Waals surface area contributed by atoms with Crippen LogP contribution in [0.2, 0.25) is 5.02 Å². The van der Waals surface area contributed by atoms with E-state index in [1.54, 1.807) is 18.2 Å². The highest BCUT2D eigenvalue weighted by molar-refractivity contribution is 6.32. The maximum atomic E-state index is 12.9. The molecule has 3 aromatic rings. The molecule has 1 aliphatic heterocycles. The lowest BCUT2D eigenvalue weighted by Crippen LogP contribution is -2.30. The number of hydrogen-bond donors (Lipinski definition) is 1. The van der Waals surface area contributed by atoms with Gasteiger partial charge in [-0.3, -0.25) is 14.9 Å². The fourth-order valence-electron chi connectivity index (χ4n) is 3.39. The van der Waals surface area contributed by atoms with Gasteiger partial charge in [-0.2, -0.15) is 0 Å². The molecule has 0 radical (unpaired) electrons. The van der Waals surface area contributed by atoms with Crippen molar-refractivity contribution in [1.29, 1.82) is 0 Å². The lowest BCUT2D eigenvalue weighted by molar-refractivity contribution is -0.385. The van der Waals surface area contributed by atoms with Crippen molar-refractivity contribution in [1.82, 2.24) is 5.32 Å². The zero-order valence-electron chi connectivity index (χ0n) is 17.9. The molecule has 0 unspecified atom stereocenters. The molecule has 0 spiro atoms. The van der Waals surface area contributed by atoms with Crippen LogP contribution >= 0.6 is 11.6 Å². The summed E-state index contributed by atoms with van der Waals surface area (Å²) in [6.45, 7) is 0.179. The number of halogens is 1. The van der Waals surface area contributed by atoms with E-state index >= 15 is 0 Å². The first-order valence-electron chi connectivity index (χ1n) is 10.0. The molecule has 0 atom stereocenters. The van der Waals surface area contributed by atoms with Crippen LogP contribution in [0.1, 0.15) is 11.1 Å². The monoisotopic (exact) mass is 479 g/mol. The minimum Gasteiger partial charge on any atom is -0.493 e. The molecule has 3 amide bonds. The smallest absolute Gasteiger partial charge is 0.333 e. The molecule has 3 aromatic carbocycles. The number of benzene rings is 3. The highest BCUT2D eigenvalue weighted by Gasteiger charge is 2.35. The quantitative estimate of drug-likeness (QED) is 0.222. The maximum absolute atomic E-state index is 12.9. The van der Waals surface area contributed by atoms with Gasteiger partial charge in [0.1, 0.15) is 12.3 Å². The number of urea groups is 1. The first-order chi connectivity index (χ1) is 16.4. The summed E-state index contributed by atoms with van der Waals surface area (Å²) in [5.74, 6) is -0.274. The van der Waals surface area contributed by atoms with Gasteiger partial charge in [-0.05, 0) is 35.9 Å². The van der Waals surface area contributed by atoms with Gasteiger partial charge in [-0.1, -0.05) is 48.0 Å². The van der Waals surface area contributed by atoms with E-state index in [-0.39, 0.29) is 40.7 Å². The van der Waals surface area contributed by atoms with Gasteiger partial charge in [0.05, 0.1) is 29.4 Å². The van der Waals surface area contributed by atoms with Crippen molar-refractivity contribution < 1.29 is 24.0 Å². The number of nitrogens with zero attached hydrogens (tertiary/aromatic N) is 2. The fourth-order valence-corrected chi connectivity index (χ4v) is 3.57. The Kier molecular flexibility index (Phi) is 6.46. The Morgan fingerprint density at radius 1 is 1.06 bits per heavy atom. The molecule has 172 valence electrons. The molecule has 0 bridgehead atoms. The molecule has 10 heteroatoms. The van der Waals surface area contributed by atoms with Crippen LogP contribution in [-0.2, 0) is 11.4 Å². The van der Waals surface area contributed by atoms with Crippen LogP contribution in [0.15, 0.2) is 72.4 Å². The topological polar surface area (TPSA) is 111 Å². The molecular weight excluding hydrogens is 462 g/mol. The number of anilines is 1. The standard InChI is InChI=1S/C24H18ClN3O6/c1-33-21-11-16(20(28(31)32)13-22(21)34-14-15-6-3-2-4-7-15)10-19-23(29)27(24(30)26-19)18-9-5-8-17(25)12-18/h2-13H,14H2,1H3,(H,26,30)/b19-10+. The lowest BCUT2D eigenvalue weighted by atomic mass is 10.1. The number of rotatable bonds is 7. The molecule has 0 aromatic heterocycles. The van der Waals surface area contributed by atoms with Crippen molar-refractivity contribution in [2.75, 3.05) is 12.0 Å². The molecule has 0 aliphatic carbocycles. The van der Waals surface area contributed by atoms with Gasteiger partial charge in [0, 0.05) is 5.02 Å². The normalized spacial score (nSPS) is 14.3. The third kappa shape index (κ3) is 4.69. The Labute approximate surface area is 199 Å². The van der Waals surface area contributed by atoms with E-state index in [2.05, 4.69) is 5.32 Å². The first kappa shape index (κ1) is 22.8. The van der Waals surface area contributed by atoms with Gasteiger partial charge in [0.25, 0.3) is 11.6 Å². The minimum absolute atomic E-state index is 0.0607. The third-order valence-electron chi connectivity index (χ3n) is 4.99. The van der Waals surface area contributed by atoms with E-state index in [1.165, 1.54) is 31.4 Å². The summed E-state index contributed by atoms with van der Waals surface area (Å²) in [5, 5.41) is 14.6. The molecular formula is C24H18ClN3O6. The van der Waals surface area contributed by atoms with Gasteiger partial charge < -0.3 is 14.8 Å². The van der Waals surface area contributed by atoms with Crippen molar-refractivity contribution in [3.8, 4) is 11.5 Å². The zero-order chi connectivity index (χ0) is 24.2. The van der Waals surface area contributed by atoms with Crippen LogP contribution in [-0.4, -0.2) is 24.0 Å². The van der Waals surface area contributed by atoms with Crippen LogP contribution in [0.5, 0.6) is 11.5 Å². The summed E-state index contributed by atoms with van der Waals surface area (Å²) in [6.07, 6.45) is 1.23. The van der Waals surface area contributed by atoms with E-state index in [0.29, 0.717) is 5.02 Å². The molecule has 1 aliphatic rings. The van der Waals surface area contributed by atoms with Crippen LogP contribution in [0.3, 0.4) is 0 Å². The Morgan fingerprint density at radius 2 is 1.82 bits per heavy atom. The Morgan fingerprint density at radius 3 is 2.50 bits per heavy atom. The summed E-state index contributed by atoms with van der Waals surface area (Å²) in [5.41, 5.74) is 0.757. The highest BCUT2D eigenvalue weighted by Crippen LogP contribution is 2.37. The molecule has 4 rings (SSSR count). The number of hydrogen-bond acceptors (Lipinski definition) is 6. The molecule has 1 heterocycles. The SMILES string of the molecule is COc1cc(/C=C2/NC(=O)N(c3cccc(Cl)c3)C2=O)c([N+](=O)[O-])cc1OCc1ccccc1. The van der Waals surface area contributed by atoms with Gasteiger partial charge in [-0.15, -0.1) is 0 Å². The van der Waals surface area contributed by atoms with Crippen molar-refractivity contribution in [3.63, 3.8) is 0 Å². The van der Waals surface area contributed by atoms with Crippen molar-refractivity contribution in [2.24, 2.45) is 0 Å². The second-order valence-corrected chi connectivity index (χ2v) is 7.64. The second kappa shape index (κ2) is 9.63. The van der Waals surface area contributed by atoms with E-state index < -0.39 is 16.9 Å². The average molecular weight is 480 g/mol. The molecule has 1 N–H and O–H groups in total. The largest absolute Gasteiger partial charge is 0.493 e. The number of carbonyl (C=O) groups excluding carboxylic acids is 2. The van der Waals surface area contributed by atoms with Crippen LogP contribution in [0.25, 0.3) is 6.08 Å². The van der Waals surface area contributed by atoms with Crippen LogP contribution in [0, 0.1) is 10.1 Å². The van der Waals surface area contributed by atoms with E-state index in [4.69, 9.17) is 21.1 Å². The summed E-state index contributed by atoms with van der Waals surface area (Å²) in [4.78, 5) is 37.4. The molecule has 9 nitrogen and oxygen atoms in total. The second-order valence-electron chi connectivity index (χ2n) is 7.20. The zero-order valence-corrected chi connectivity index (χ0v) is 18.6. The van der Waals surface area contributed by atoms with E-state index in [1.807, 2.05) is 30.3 Å². The van der Waals surface area contributed by atoms with Crippen molar-refractivity contribution in [2.45, 2.75) is 6.61 Å². The van der Waals surface area contributed by atoms with Crippen molar-refractivity contribution in [3.05, 3.63) is 98.7 Å². The van der Waals surface area contributed by atoms with Crippen LogP contribution < -0.4 is 19.7 Å². The first-order valence-corrected chi connectivity index (χ1v) is 10.4. The predicted octanol–water partition coefficient (Wildman–Crippen LogP) is 4.93. The van der Waals surface area contributed by atoms with Gasteiger partial charge in [0.15, 0.2) is 11.5 Å². The molecule has 34 heavy (non-hydrogen) atoms. The van der Waals surface area contributed by atoms with Gasteiger partial charge in [-0.25, -0.2) is 9.69 Å². The maximum Gasteiger partial charge on any atom is 0.333 e. The summed E-state index contributed by atoms with van der Waals surface area (Å²) < 4.78 is 11.1. The summed E-state index contributed by atoms with van der Waals surface area (Å²) >= 11 is 5.97. The number of amides is 3. The average Bonchev–Trinajstić information content (AvgIpc) is 3.10. The molecule has 0 saturated carbocycles.